The molecule has 0 saturated carbocycles. The first-order valence-electron chi connectivity index (χ1n) is 7.15. The maximum absolute atomic E-state index is 12.3. The highest BCUT2D eigenvalue weighted by Gasteiger charge is 2.32. The van der Waals surface area contributed by atoms with E-state index in [1.54, 1.807) is 12.1 Å². The van der Waals surface area contributed by atoms with E-state index in [4.69, 9.17) is 0 Å². The summed E-state index contributed by atoms with van der Waals surface area (Å²) in [6.07, 6.45) is -2.45. The van der Waals surface area contributed by atoms with Crippen LogP contribution in [0, 0.1) is 0 Å². The zero-order valence-corrected chi connectivity index (χ0v) is 12.8. The van der Waals surface area contributed by atoms with Gasteiger partial charge in [0.1, 0.15) is 5.75 Å². The lowest BCUT2D eigenvalue weighted by Crippen LogP contribution is -2.37. The van der Waals surface area contributed by atoms with Crippen molar-refractivity contribution in [3.8, 4) is 5.75 Å². The quantitative estimate of drug-likeness (QED) is 0.896. The highest BCUT2D eigenvalue weighted by atomic mass is 32.2. The van der Waals surface area contributed by atoms with E-state index >= 15 is 0 Å². The average Bonchev–Trinajstić information content (AvgIpc) is 2.46. The summed E-state index contributed by atoms with van der Waals surface area (Å²) < 4.78 is 41.0. The van der Waals surface area contributed by atoms with E-state index in [1.165, 1.54) is 12.1 Å². The predicted octanol–water partition coefficient (Wildman–Crippen LogP) is 3.53. The smallest absolute Gasteiger partial charge is 0.406 e. The Morgan fingerprint density at radius 3 is 2.64 bits per heavy atom. The lowest BCUT2D eigenvalue weighted by molar-refractivity contribution is -0.274. The third-order valence-corrected chi connectivity index (χ3v) is 4.45. The molecular formula is C15H18F3NO2S. The number of halogens is 3. The Hall–Kier alpha value is -1.37. The molecule has 0 bridgehead atoms. The van der Waals surface area contributed by atoms with Crippen LogP contribution in [0.4, 0.5) is 13.2 Å². The number of hydrogen-bond donors (Lipinski definition) is 1. The average molecular weight is 333 g/mol. The van der Waals surface area contributed by atoms with Gasteiger partial charge in [-0.3, -0.25) is 4.79 Å². The van der Waals surface area contributed by atoms with Gasteiger partial charge in [-0.1, -0.05) is 18.2 Å². The monoisotopic (exact) mass is 333 g/mol. The van der Waals surface area contributed by atoms with Crippen molar-refractivity contribution in [1.82, 2.24) is 5.32 Å². The van der Waals surface area contributed by atoms with Gasteiger partial charge in [0, 0.05) is 12.5 Å². The van der Waals surface area contributed by atoms with E-state index < -0.39 is 6.36 Å². The van der Waals surface area contributed by atoms with Crippen molar-refractivity contribution >= 4 is 17.7 Å². The maximum Gasteiger partial charge on any atom is 0.573 e. The molecule has 22 heavy (non-hydrogen) atoms. The van der Waals surface area contributed by atoms with E-state index in [0.29, 0.717) is 5.56 Å². The first kappa shape index (κ1) is 17.0. The second-order valence-corrected chi connectivity index (χ2v) is 6.33. The first-order valence-corrected chi connectivity index (χ1v) is 8.30. The highest BCUT2D eigenvalue weighted by molar-refractivity contribution is 7.99. The summed E-state index contributed by atoms with van der Waals surface area (Å²) in [5.41, 5.74) is 0.383. The molecule has 0 spiro atoms. The summed E-state index contributed by atoms with van der Waals surface area (Å²) >= 11 is 1.87. The van der Waals surface area contributed by atoms with Crippen molar-refractivity contribution in [3.05, 3.63) is 29.8 Å². The summed E-state index contributed by atoms with van der Waals surface area (Å²) in [6, 6.07) is 6.11. The third kappa shape index (κ3) is 5.79. The number of rotatable bonds is 5. The Morgan fingerprint density at radius 2 is 1.95 bits per heavy atom. The molecule has 1 amide bonds. The van der Waals surface area contributed by atoms with Crippen molar-refractivity contribution in [1.29, 1.82) is 0 Å². The highest BCUT2D eigenvalue weighted by Crippen LogP contribution is 2.27. The fourth-order valence-electron chi connectivity index (χ4n) is 2.32. The van der Waals surface area contributed by atoms with E-state index in [0.717, 1.165) is 24.3 Å². The molecule has 0 aromatic heterocycles. The summed E-state index contributed by atoms with van der Waals surface area (Å²) in [6.45, 7) is 0. The molecule has 1 aromatic carbocycles. The zero-order chi connectivity index (χ0) is 16.0. The van der Waals surface area contributed by atoms with E-state index in [9.17, 15) is 18.0 Å². The van der Waals surface area contributed by atoms with Gasteiger partial charge in [0.25, 0.3) is 0 Å². The van der Waals surface area contributed by atoms with Crippen molar-refractivity contribution in [2.24, 2.45) is 0 Å². The molecule has 7 heteroatoms. The number of benzene rings is 1. The third-order valence-electron chi connectivity index (χ3n) is 3.41. The zero-order valence-electron chi connectivity index (χ0n) is 12.0. The fraction of sp³-hybridized carbons (Fsp3) is 0.533. The predicted molar refractivity (Wildman–Crippen MR) is 79.9 cm³/mol. The van der Waals surface area contributed by atoms with Crippen LogP contribution in [-0.4, -0.2) is 29.8 Å². The van der Waals surface area contributed by atoms with Crippen LogP contribution in [0.15, 0.2) is 24.3 Å². The van der Waals surface area contributed by atoms with E-state index in [2.05, 4.69) is 10.1 Å². The van der Waals surface area contributed by atoms with Gasteiger partial charge >= 0.3 is 6.36 Å². The lowest BCUT2D eigenvalue weighted by Gasteiger charge is -2.22. The number of hydrogen-bond acceptors (Lipinski definition) is 3. The lowest BCUT2D eigenvalue weighted by atomic mass is 10.1. The Labute approximate surface area is 131 Å². The molecule has 0 radical (unpaired) electrons. The number of amides is 1. The Morgan fingerprint density at radius 1 is 1.27 bits per heavy atom. The van der Waals surface area contributed by atoms with Crippen LogP contribution in [0.2, 0.25) is 0 Å². The molecule has 1 saturated heterocycles. The van der Waals surface area contributed by atoms with Gasteiger partial charge < -0.3 is 10.1 Å². The summed E-state index contributed by atoms with van der Waals surface area (Å²) in [7, 11) is 0. The van der Waals surface area contributed by atoms with Gasteiger partial charge in [0.15, 0.2) is 0 Å². The molecule has 1 heterocycles. The fourth-order valence-corrected chi connectivity index (χ4v) is 3.43. The van der Waals surface area contributed by atoms with Crippen LogP contribution in [-0.2, 0) is 11.2 Å². The summed E-state index contributed by atoms with van der Waals surface area (Å²) in [5, 5.41) is 2.94. The second-order valence-electron chi connectivity index (χ2n) is 5.11. The van der Waals surface area contributed by atoms with Crippen LogP contribution in [0.1, 0.15) is 24.8 Å². The van der Waals surface area contributed by atoms with Gasteiger partial charge in [-0.25, -0.2) is 0 Å². The van der Waals surface area contributed by atoms with E-state index in [1.807, 2.05) is 11.8 Å². The Bertz CT molecular complexity index is 502. The van der Waals surface area contributed by atoms with Gasteiger partial charge in [0.2, 0.25) is 5.91 Å². The first-order chi connectivity index (χ1) is 10.4. The molecule has 1 fully saturated rings. The molecule has 0 aliphatic carbocycles. The summed E-state index contributed by atoms with van der Waals surface area (Å²) in [5.74, 6) is 1.70. The van der Waals surface area contributed by atoms with Crippen LogP contribution in [0.25, 0.3) is 0 Å². The molecule has 1 aromatic rings. The summed E-state index contributed by atoms with van der Waals surface area (Å²) in [4.78, 5) is 11.9. The van der Waals surface area contributed by atoms with Crippen molar-refractivity contribution < 1.29 is 22.7 Å². The maximum atomic E-state index is 12.3. The number of alkyl halides is 3. The number of aryl methyl sites for hydroxylation is 1. The molecule has 0 unspecified atom stereocenters. The Balaban J connectivity index is 1.86. The second kappa shape index (κ2) is 7.76. The molecule has 2 rings (SSSR count). The molecular weight excluding hydrogens is 315 g/mol. The Kier molecular flexibility index (Phi) is 5.99. The minimum atomic E-state index is -4.72. The largest absolute Gasteiger partial charge is 0.573 e. The standard InChI is InChI=1S/C15H18F3NO2S/c16-15(17,18)21-13-4-2-1-3-11(13)5-6-14(20)19-12-7-9-22-10-8-12/h1-4,12H,5-10H2,(H,19,20). The van der Waals surface area contributed by atoms with Crippen LogP contribution >= 0.6 is 11.8 Å². The number of carbonyl (C=O) groups is 1. The van der Waals surface area contributed by atoms with Gasteiger partial charge in [-0.05, 0) is 42.4 Å². The van der Waals surface area contributed by atoms with Crippen LogP contribution in [0.5, 0.6) is 5.75 Å². The molecule has 0 atom stereocenters. The number of thioether (sulfide) groups is 1. The molecule has 1 N–H and O–H groups in total. The van der Waals surface area contributed by atoms with Gasteiger partial charge in [-0.15, -0.1) is 13.2 Å². The minimum Gasteiger partial charge on any atom is -0.406 e. The number of nitrogens with one attached hydrogen (secondary N) is 1. The molecule has 122 valence electrons. The van der Waals surface area contributed by atoms with Gasteiger partial charge in [-0.2, -0.15) is 11.8 Å². The number of ether oxygens (including phenoxy) is 1. The molecule has 1 aliphatic heterocycles. The number of carbonyl (C=O) groups excluding carboxylic acids is 1. The topological polar surface area (TPSA) is 38.3 Å². The van der Waals surface area contributed by atoms with Crippen molar-refractivity contribution in [3.63, 3.8) is 0 Å². The SMILES string of the molecule is O=C(CCc1ccccc1OC(F)(F)F)NC1CCSCC1. The normalized spacial score (nSPS) is 16.3. The molecule has 1 aliphatic rings. The van der Waals surface area contributed by atoms with Crippen LogP contribution in [0.3, 0.4) is 0 Å². The molecule has 3 nitrogen and oxygen atoms in total. The van der Waals surface area contributed by atoms with Crippen molar-refractivity contribution in [2.45, 2.75) is 38.1 Å². The van der Waals surface area contributed by atoms with E-state index in [-0.39, 0.29) is 30.5 Å². The van der Waals surface area contributed by atoms with Crippen molar-refractivity contribution in [2.75, 3.05) is 11.5 Å². The van der Waals surface area contributed by atoms with Gasteiger partial charge in [0.05, 0.1) is 0 Å². The van der Waals surface area contributed by atoms with Crippen LogP contribution < -0.4 is 10.1 Å². The minimum absolute atomic E-state index is 0.126. The number of para-hydroxylation sites is 1.